The van der Waals surface area contributed by atoms with Crippen molar-refractivity contribution in [3.8, 4) is 0 Å². The normalized spacial score (nSPS) is 11.2. The number of Topliss-reactive ketones (excluding diaryl/α,β-unsaturated/α-hetero) is 1. The fraction of sp³-hybridized carbons (Fsp3) is 0.333. The minimum absolute atomic E-state index is 0.00476. The molecule has 0 spiro atoms. The van der Waals surface area contributed by atoms with E-state index < -0.39 is 14.9 Å². The molecule has 1 heterocycles. The number of carbonyl (C=O) groups excluding carboxylic acids is 2. The van der Waals surface area contributed by atoms with E-state index in [1.54, 1.807) is 0 Å². The van der Waals surface area contributed by atoms with Gasteiger partial charge in [0.2, 0.25) is 15.9 Å². The Morgan fingerprint density at radius 1 is 1.14 bits per heavy atom. The van der Waals surface area contributed by atoms with Crippen LogP contribution in [0.1, 0.15) is 33.0 Å². The van der Waals surface area contributed by atoms with Crippen LogP contribution in [0.15, 0.2) is 35.2 Å². The first-order valence-corrected chi connectivity index (χ1v) is 11.0. The Balaban J connectivity index is 1.77. The Bertz CT molecular complexity index is 1030. The molecule has 11 heteroatoms. The molecule has 0 aliphatic carbocycles. The predicted molar refractivity (Wildman–Crippen MR) is 109 cm³/mol. The first-order valence-electron chi connectivity index (χ1n) is 8.71. The zero-order chi connectivity index (χ0) is 21.6. The highest BCUT2D eigenvalue weighted by Gasteiger charge is 2.17. The summed E-state index contributed by atoms with van der Waals surface area (Å²) in [4.78, 5) is 35.8. The van der Waals surface area contributed by atoms with E-state index in [9.17, 15) is 28.1 Å². The lowest BCUT2D eigenvalue weighted by Crippen LogP contribution is -2.34. The second kappa shape index (κ2) is 9.72. The number of aryl methyl sites for hydroxylation is 2. The average Bonchev–Trinajstić information content (AvgIpc) is 3.01. The van der Waals surface area contributed by atoms with Gasteiger partial charge in [-0.1, -0.05) is 6.07 Å². The lowest BCUT2D eigenvalue weighted by Gasteiger charge is -2.08. The fourth-order valence-corrected chi connectivity index (χ4v) is 4.61. The number of hydrogen-bond acceptors (Lipinski definition) is 7. The molecule has 0 atom stereocenters. The number of carbonyl (C=O) groups is 2. The van der Waals surface area contributed by atoms with E-state index in [2.05, 4.69) is 10.0 Å². The lowest BCUT2D eigenvalue weighted by atomic mass is 10.1. The van der Waals surface area contributed by atoms with Gasteiger partial charge in [0.15, 0.2) is 5.78 Å². The van der Waals surface area contributed by atoms with Crippen molar-refractivity contribution < 1.29 is 22.9 Å². The number of nitro groups is 1. The molecule has 0 saturated heterocycles. The van der Waals surface area contributed by atoms with E-state index in [0.29, 0.717) is 5.56 Å². The third kappa shape index (κ3) is 6.44. The third-order valence-corrected chi connectivity index (χ3v) is 6.42. The molecule has 0 saturated carbocycles. The zero-order valence-corrected chi connectivity index (χ0v) is 17.6. The minimum atomic E-state index is -3.94. The van der Waals surface area contributed by atoms with Crippen molar-refractivity contribution in [1.29, 1.82) is 0 Å². The maximum atomic E-state index is 12.2. The van der Waals surface area contributed by atoms with Crippen LogP contribution in [0, 0.1) is 24.0 Å². The number of nitro benzene ring substituents is 1. The Kier molecular flexibility index (Phi) is 7.59. The molecule has 0 fully saturated rings. The van der Waals surface area contributed by atoms with Crippen molar-refractivity contribution in [2.24, 2.45) is 0 Å². The number of rotatable bonds is 10. The summed E-state index contributed by atoms with van der Waals surface area (Å²) in [6.45, 7) is 3.71. The van der Waals surface area contributed by atoms with Crippen molar-refractivity contribution >= 4 is 38.7 Å². The molecule has 0 aliphatic heterocycles. The second-order valence-electron chi connectivity index (χ2n) is 6.25. The molecule has 29 heavy (non-hydrogen) atoms. The molecule has 2 N–H and O–H groups in total. The topological polar surface area (TPSA) is 135 Å². The number of sulfonamides is 1. The van der Waals surface area contributed by atoms with Gasteiger partial charge >= 0.3 is 0 Å². The zero-order valence-electron chi connectivity index (χ0n) is 15.9. The number of benzene rings is 1. The van der Waals surface area contributed by atoms with E-state index in [-0.39, 0.29) is 48.2 Å². The van der Waals surface area contributed by atoms with E-state index in [4.69, 9.17) is 0 Å². The highest BCUT2D eigenvalue weighted by Crippen LogP contribution is 2.22. The van der Waals surface area contributed by atoms with Gasteiger partial charge in [-0.3, -0.25) is 19.7 Å². The van der Waals surface area contributed by atoms with Crippen LogP contribution in [0.25, 0.3) is 0 Å². The van der Waals surface area contributed by atoms with Gasteiger partial charge in [-0.15, -0.1) is 11.3 Å². The van der Waals surface area contributed by atoms with E-state index in [0.717, 1.165) is 15.8 Å². The third-order valence-electron chi connectivity index (χ3n) is 4.00. The molecule has 1 amide bonds. The van der Waals surface area contributed by atoms with Gasteiger partial charge in [-0.25, -0.2) is 13.1 Å². The summed E-state index contributed by atoms with van der Waals surface area (Å²) in [5, 5.41) is 13.3. The monoisotopic (exact) mass is 439 g/mol. The summed E-state index contributed by atoms with van der Waals surface area (Å²) in [6.07, 6.45) is 0.0764. The number of nitrogens with one attached hydrogen (secondary N) is 2. The first kappa shape index (κ1) is 22.7. The number of non-ortho nitro benzene ring substituents is 1. The van der Waals surface area contributed by atoms with Gasteiger partial charge in [0, 0.05) is 53.4 Å². The first-order chi connectivity index (χ1) is 13.6. The summed E-state index contributed by atoms with van der Waals surface area (Å²) in [7, 11) is -3.94. The molecule has 0 unspecified atom stereocenters. The van der Waals surface area contributed by atoms with Crippen LogP contribution in [-0.2, 0) is 14.8 Å². The molecule has 2 rings (SSSR count). The summed E-state index contributed by atoms with van der Waals surface area (Å²) in [6, 6.07) is 6.49. The fourth-order valence-electron chi connectivity index (χ4n) is 2.59. The van der Waals surface area contributed by atoms with Crippen LogP contribution in [0.5, 0.6) is 0 Å². The lowest BCUT2D eigenvalue weighted by molar-refractivity contribution is -0.385. The Morgan fingerprint density at radius 3 is 2.48 bits per heavy atom. The van der Waals surface area contributed by atoms with Crippen molar-refractivity contribution in [3.63, 3.8) is 0 Å². The van der Waals surface area contributed by atoms with Crippen molar-refractivity contribution in [1.82, 2.24) is 10.0 Å². The quantitative estimate of drug-likeness (QED) is 0.252. The Hall–Kier alpha value is -2.63. The highest BCUT2D eigenvalue weighted by molar-refractivity contribution is 7.89. The van der Waals surface area contributed by atoms with Crippen LogP contribution < -0.4 is 10.0 Å². The summed E-state index contributed by atoms with van der Waals surface area (Å²) in [5.41, 5.74) is 0.298. The van der Waals surface area contributed by atoms with Crippen molar-refractivity contribution in [2.75, 3.05) is 13.1 Å². The van der Waals surface area contributed by atoms with Crippen LogP contribution in [0.2, 0.25) is 0 Å². The molecule has 0 aliphatic rings. The maximum Gasteiger partial charge on any atom is 0.270 e. The van der Waals surface area contributed by atoms with Crippen LogP contribution in [0.3, 0.4) is 0 Å². The molecule has 0 bridgehead atoms. The molecule has 9 nitrogen and oxygen atoms in total. The molecule has 1 aromatic carbocycles. The minimum Gasteiger partial charge on any atom is -0.355 e. The summed E-state index contributed by atoms with van der Waals surface area (Å²) >= 11 is 1.53. The number of thiophene rings is 1. The SMILES string of the molecule is Cc1cc(C(=O)CCC(=O)NCCNS(=O)(=O)c2cccc([N+](=O)[O-])c2)c(C)s1. The molecule has 1 aromatic heterocycles. The highest BCUT2D eigenvalue weighted by atomic mass is 32.2. The standard InChI is InChI=1S/C18H21N3O6S2/c1-12-10-16(13(2)28-12)17(22)6-7-18(23)19-8-9-20-29(26,27)15-5-3-4-14(11-15)21(24)25/h3-5,10-11,20H,6-9H2,1-2H3,(H,19,23). The summed E-state index contributed by atoms with van der Waals surface area (Å²) < 4.78 is 26.6. The summed E-state index contributed by atoms with van der Waals surface area (Å²) in [5.74, 6) is -0.467. The van der Waals surface area contributed by atoms with Crippen LogP contribution in [-0.4, -0.2) is 38.1 Å². The van der Waals surface area contributed by atoms with Gasteiger partial charge < -0.3 is 5.32 Å². The predicted octanol–water partition coefficient (Wildman–Crippen LogP) is 2.33. The van der Waals surface area contributed by atoms with Crippen LogP contribution >= 0.6 is 11.3 Å². The van der Waals surface area contributed by atoms with E-state index >= 15 is 0 Å². The van der Waals surface area contributed by atoms with Gasteiger partial charge in [0.1, 0.15) is 0 Å². The number of amides is 1. The van der Waals surface area contributed by atoms with Gasteiger partial charge in [-0.2, -0.15) is 0 Å². The number of hydrogen-bond donors (Lipinski definition) is 2. The van der Waals surface area contributed by atoms with Gasteiger partial charge in [0.25, 0.3) is 5.69 Å². The van der Waals surface area contributed by atoms with E-state index in [1.807, 2.05) is 19.9 Å². The van der Waals surface area contributed by atoms with Crippen molar-refractivity contribution in [2.45, 2.75) is 31.6 Å². The molecule has 2 aromatic rings. The van der Waals surface area contributed by atoms with Gasteiger partial charge in [-0.05, 0) is 26.0 Å². The Labute approximate surface area is 172 Å². The molecular weight excluding hydrogens is 418 g/mol. The number of nitrogens with zero attached hydrogens (tertiary/aromatic N) is 1. The molecular formula is C18H21N3O6S2. The maximum absolute atomic E-state index is 12.2. The Morgan fingerprint density at radius 2 is 1.86 bits per heavy atom. The molecule has 0 radical (unpaired) electrons. The second-order valence-corrected chi connectivity index (χ2v) is 9.48. The number of ketones is 1. The molecule has 156 valence electrons. The van der Waals surface area contributed by atoms with Crippen molar-refractivity contribution in [3.05, 3.63) is 55.8 Å². The van der Waals surface area contributed by atoms with Gasteiger partial charge in [0.05, 0.1) is 9.82 Å². The smallest absolute Gasteiger partial charge is 0.270 e. The van der Waals surface area contributed by atoms with E-state index in [1.165, 1.54) is 29.5 Å². The van der Waals surface area contributed by atoms with Crippen LogP contribution in [0.4, 0.5) is 5.69 Å². The average molecular weight is 440 g/mol. The largest absolute Gasteiger partial charge is 0.355 e.